The van der Waals surface area contributed by atoms with Gasteiger partial charge in [0.1, 0.15) is 0 Å². The molecule has 0 saturated carbocycles. The Kier molecular flexibility index (Phi) is 32400000. The molecule has 0 heterocycles. The van der Waals surface area contributed by atoms with Crippen LogP contribution in [-0.4, -0.2) is 0 Å². The van der Waals surface area contributed by atoms with Crippen molar-refractivity contribution in [3.05, 3.63) is 0 Å². The van der Waals surface area contributed by atoms with E-state index < -0.39 is 0 Å². The van der Waals surface area contributed by atoms with Crippen molar-refractivity contribution >= 4 is 0 Å². The molecule has 0 aromatic carbocycles. The third-order valence-corrected chi connectivity index (χ3v) is 0. The Morgan fingerprint density at radius 1 is 0.0556 bits per heavy atom. The van der Waals surface area contributed by atoms with Crippen molar-refractivity contribution in [1.29, 1.82) is 0 Å². The first-order valence-corrected chi connectivity index (χ1v) is 0. The molecule has 0 spiro atoms. The van der Waals surface area contributed by atoms with Crippen molar-refractivity contribution in [2.45, 2.75) is 253 Å². The van der Waals surface area contributed by atoms with Crippen molar-refractivity contribution in [1.82, 2.24) is 0 Å². The van der Waals surface area contributed by atoms with E-state index in [1.165, 1.54) is 0 Å². The zero-order valence-electron chi connectivity index (χ0n) is 0.894. The summed E-state index contributed by atoms with van der Waals surface area (Å²) in [7, 11) is 0. The molecule has 36 heavy (non-hydrogen) atoms. The molecular formula is C34H136V2. The molecule has 2 radical (unpaired) electrons. The molecule has 0 rings (SSSR count). The summed E-state index contributed by atoms with van der Waals surface area (Å²) in [4.78, 5) is 0. The first-order valence-electron chi connectivity index (χ1n) is 0. The van der Waals surface area contributed by atoms with Crippen LogP contribution in [-0.2, 0) is 37.1 Å². The summed E-state index contributed by atoms with van der Waals surface area (Å²) in [5.41, 5.74) is 0. The van der Waals surface area contributed by atoms with Crippen LogP contribution in [0.3, 0.4) is 0 Å². The molecule has 0 nitrogen and oxygen atoms in total. The standard InChI is InChI=1S/34CH4.2V/h34*1H4;;. The van der Waals surface area contributed by atoms with Crippen LogP contribution in [0.15, 0.2) is 0 Å². The molecule has 0 fully saturated rings. The minimum absolute atomic E-state index is 0. The number of rotatable bonds is 0. The van der Waals surface area contributed by atoms with Crippen LogP contribution >= 0.6 is 0 Å². The average molecular weight is 647 g/mol. The molecule has 0 aromatic rings. The second-order valence-corrected chi connectivity index (χ2v) is 0. The Hall–Kier alpha value is 1.17. The van der Waals surface area contributed by atoms with Crippen LogP contribution in [0.2, 0.25) is 0 Å². The summed E-state index contributed by atoms with van der Waals surface area (Å²) in [5.74, 6) is 0. The minimum Gasteiger partial charge on any atom is -0.0776 e. The first-order chi connectivity index (χ1) is 0. The summed E-state index contributed by atoms with van der Waals surface area (Å²) in [6.07, 6.45) is 0. The largest absolute Gasteiger partial charge is 0.0776 e. The van der Waals surface area contributed by atoms with Gasteiger partial charge >= 0.3 is 0 Å². The number of hydrogen-bond donors (Lipinski definition) is 0. The summed E-state index contributed by atoms with van der Waals surface area (Å²) < 4.78 is 0. The van der Waals surface area contributed by atoms with E-state index in [0.717, 1.165) is 0 Å². The third-order valence-electron chi connectivity index (χ3n) is 0. The summed E-state index contributed by atoms with van der Waals surface area (Å²) >= 11 is 0. The Labute approximate surface area is 288 Å². The second-order valence-electron chi connectivity index (χ2n) is 0. The summed E-state index contributed by atoms with van der Waals surface area (Å²) in [6.45, 7) is 0. The van der Waals surface area contributed by atoms with Gasteiger partial charge in [-0.3, -0.25) is 0 Å². The topological polar surface area (TPSA) is 0 Å². The Balaban J connectivity index is 0. The van der Waals surface area contributed by atoms with Gasteiger partial charge in [0.25, 0.3) is 0 Å². The van der Waals surface area contributed by atoms with E-state index in [9.17, 15) is 0 Å². The molecule has 2 heteroatoms. The SMILES string of the molecule is C.C.C.C.C.C.C.C.C.C.C.C.C.C.C.C.C.C.C.C.C.C.C.C.C.C.C.C.C.C.C.C.C.C.[V].[V]. The Morgan fingerprint density at radius 2 is 0.0556 bits per heavy atom. The van der Waals surface area contributed by atoms with Gasteiger partial charge in [-0.2, -0.15) is 0 Å². The fourth-order valence-electron chi connectivity index (χ4n) is 0. The molecule has 0 aromatic heterocycles. The van der Waals surface area contributed by atoms with Gasteiger partial charge in [-0.25, -0.2) is 0 Å². The normalized spacial score (nSPS) is 0. The Bertz CT molecular complexity index is 11.1. The maximum atomic E-state index is 0. The zero-order valence-corrected chi connectivity index (χ0v) is 3.69. The number of hydrogen-bond acceptors (Lipinski definition) is 0. The molecule has 0 amide bonds. The zero-order chi connectivity index (χ0) is 0. The van der Waals surface area contributed by atoms with E-state index in [2.05, 4.69) is 0 Å². The van der Waals surface area contributed by atoms with Crippen LogP contribution < -0.4 is 0 Å². The summed E-state index contributed by atoms with van der Waals surface area (Å²) in [6, 6.07) is 0. The predicted molar refractivity (Wildman–Crippen MR) is 229 cm³/mol. The van der Waals surface area contributed by atoms with Crippen molar-refractivity contribution < 1.29 is 37.1 Å². The van der Waals surface area contributed by atoms with Gasteiger partial charge in [0.05, 0.1) is 0 Å². The van der Waals surface area contributed by atoms with E-state index in [0.29, 0.717) is 0 Å². The Morgan fingerprint density at radius 3 is 0.0556 bits per heavy atom. The van der Waals surface area contributed by atoms with Crippen LogP contribution in [0.1, 0.15) is 253 Å². The van der Waals surface area contributed by atoms with Crippen LogP contribution in [0.5, 0.6) is 0 Å². The molecule has 0 bridgehead atoms. The van der Waals surface area contributed by atoms with E-state index in [1.807, 2.05) is 0 Å². The van der Waals surface area contributed by atoms with Gasteiger partial charge < -0.3 is 0 Å². The van der Waals surface area contributed by atoms with Crippen LogP contribution in [0.4, 0.5) is 0 Å². The van der Waals surface area contributed by atoms with Gasteiger partial charge in [0.15, 0.2) is 0 Å². The van der Waals surface area contributed by atoms with Crippen LogP contribution in [0.25, 0.3) is 0 Å². The third kappa shape index (κ3) is 30100. The fraction of sp³-hybridized carbons (Fsp3) is 1.00. The second kappa shape index (κ2) is 32700. The smallest absolute Gasteiger partial charge is 0 e. The first kappa shape index (κ1) is 35600. The van der Waals surface area contributed by atoms with Crippen LogP contribution in [0, 0.1) is 0 Å². The van der Waals surface area contributed by atoms with E-state index in [4.69, 9.17) is 0 Å². The molecule has 282 valence electrons. The van der Waals surface area contributed by atoms with Crippen molar-refractivity contribution in [2.75, 3.05) is 0 Å². The van der Waals surface area contributed by atoms with E-state index in [1.54, 1.807) is 0 Å². The minimum atomic E-state index is 0. The maximum absolute atomic E-state index is 0. The molecule has 0 aliphatic heterocycles. The quantitative estimate of drug-likeness (QED) is 0.246. The van der Waals surface area contributed by atoms with E-state index in [-0.39, 0.29) is 290 Å². The monoisotopic (exact) mass is 647 g/mol. The molecule has 0 N–H and O–H groups in total. The molecule has 0 saturated heterocycles. The predicted octanol–water partition coefficient (Wildman–Crippen LogP) is 21.6. The van der Waals surface area contributed by atoms with E-state index >= 15 is 0 Å². The maximum Gasteiger partial charge on any atom is 0 e. The average Bonchev–Trinajstić information content (AvgIpc) is 0. The van der Waals surface area contributed by atoms with Gasteiger partial charge in [0, 0.05) is 37.1 Å². The van der Waals surface area contributed by atoms with Gasteiger partial charge in [-0.1, -0.05) is 253 Å². The fourth-order valence-corrected chi connectivity index (χ4v) is 0. The van der Waals surface area contributed by atoms with Crippen molar-refractivity contribution in [2.24, 2.45) is 0 Å². The van der Waals surface area contributed by atoms with Gasteiger partial charge in [-0.15, -0.1) is 0 Å². The van der Waals surface area contributed by atoms with Gasteiger partial charge in [-0.05, 0) is 0 Å². The van der Waals surface area contributed by atoms with Gasteiger partial charge in [0.2, 0.25) is 0 Å². The summed E-state index contributed by atoms with van der Waals surface area (Å²) in [5, 5.41) is 0. The molecule has 0 aliphatic rings. The molecule has 0 atom stereocenters. The molecular weight excluding hydrogens is 510 g/mol. The van der Waals surface area contributed by atoms with Crippen molar-refractivity contribution in [3.8, 4) is 0 Å². The van der Waals surface area contributed by atoms with Crippen molar-refractivity contribution in [3.63, 3.8) is 0 Å². The molecule has 0 unspecified atom stereocenters. The molecule has 0 aliphatic carbocycles.